The van der Waals surface area contributed by atoms with Crippen LogP contribution >= 0.6 is 0 Å². The molecule has 29 heavy (non-hydrogen) atoms. The highest BCUT2D eigenvalue weighted by atomic mass is 16.5. The largest absolute Gasteiger partial charge is 0.496 e. The van der Waals surface area contributed by atoms with Crippen molar-refractivity contribution >= 4 is 17.4 Å². The van der Waals surface area contributed by atoms with Crippen molar-refractivity contribution in [1.29, 1.82) is 0 Å². The van der Waals surface area contributed by atoms with Crippen LogP contribution in [0.4, 0.5) is 11.5 Å². The first-order valence-corrected chi connectivity index (χ1v) is 8.85. The van der Waals surface area contributed by atoms with Gasteiger partial charge in [-0.2, -0.15) is 0 Å². The molecule has 0 fully saturated rings. The van der Waals surface area contributed by atoms with Gasteiger partial charge in [-0.3, -0.25) is 4.79 Å². The van der Waals surface area contributed by atoms with Gasteiger partial charge in [-0.25, -0.2) is 9.97 Å². The lowest BCUT2D eigenvalue weighted by molar-refractivity contribution is 0.0945. The number of carbonyl (C=O) groups is 1. The van der Waals surface area contributed by atoms with Gasteiger partial charge in [-0.15, -0.1) is 0 Å². The third kappa shape index (κ3) is 4.92. The lowest BCUT2D eigenvalue weighted by Crippen LogP contribution is -2.24. The van der Waals surface area contributed by atoms with Crippen LogP contribution in [0.1, 0.15) is 16.1 Å². The van der Waals surface area contributed by atoms with E-state index in [2.05, 4.69) is 20.6 Å². The van der Waals surface area contributed by atoms with Gasteiger partial charge in [0.15, 0.2) is 11.5 Å². The first-order chi connectivity index (χ1) is 14.1. The fourth-order valence-corrected chi connectivity index (χ4v) is 2.69. The summed E-state index contributed by atoms with van der Waals surface area (Å²) in [4.78, 5) is 20.8. The summed E-state index contributed by atoms with van der Waals surface area (Å²) >= 11 is 0. The van der Waals surface area contributed by atoms with Gasteiger partial charge in [0.1, 0.15) is 17.3 Å². The zero-order valence-corrected chi connectivity index (χ0v) is 16.4. The van der Waals surface area contributed by atoms with Crippen molar-refractivity contribution in [1.82, 2.24) is 15.3 Å². The highest BCUT2D eigenvalue weighted by molar-refractivity contribution is 5.92. The van der Waals surface area contributed by atoms with Gasteiger partial charge in [-0.1, -0.05) is 18.2 Å². The first kappa shape index (κ1) is 19.9. The summed E-state index contributed by atoms with van der Waals surface area (Å²) in [6, 6.07) is 12.9. The van der Waals surface area contributed by atoms with Crippen molar-refractivity contribution < 1.29 is 19.0 Å². The van der Waals surface area contributed by atoms with Crippen molar-refractivity contribution in [3.05, 3.63) is 66.1 Å². The third-order valence-corrected chi connectivity index (χ3v) is 4.17. The Hall–Kier alpha value is -3.81. The molecule has 0 atom stereocenters. The number of hydrogen-bond donors (Lipinski definition) is 2. The van der Waals surface area contributed by atoms with Crippen molar-refractivity contribution in [2.75, 3.05) is 26.6 Å². The summed E-state index contributed by atoms with van der Waals surface area (Å²) in [7, 11) is 4.74. The normalized spacial score (nSPS) is 10.2. The number of nitrogens with zero attached hydrogens (tertiary/aromatic N) is 2. The van der Waals surface area contributed by atoms with E-state index < -0.39 is 0 Å². The fourth-order valence-electron chi connectivity index (χ4n) is 2.69. The van der Waals surface area contributed by atoms with E-state index >= 15 is 0 Å². The molecule has 2 N–H and O–H groups in total. The molecule has 3 rings (SSSR count). The molecule has 8 heteroatoms. The van der Waals surface area contributed by atoms with Crippen LogP contribution in [0.5, 0.6) is 17.2 Å². The zero-order chi connectivity index (χ0) is 20.6. The SMILES string of the molecule is COc1ccccc1CNC(=O)c1cnc(Nc2ccc(OC)c(OC)c2)cn1. The van der Waals surface area contributed by atoms with Gasteiger partial charge < -0.3 is 24.8 Å². The van der Waals surface area contributed by atoms with Crippen LogP contribution in [-0.2, 0) is 6.54 Å². The smallest absolute Gasteiger partial charge is 0.271 e. The summed E-state index contributed by atoms with van der Waals surface area (Å²) in [5.74, 6) is 2.12. The number of para-hydroxylation sites is 1. The van der Waals surface area contributed by atoms with Crippen molar-refractivity contribution in [3.8, 4) is 17.2 Å². The quantitative estimate of drug-likeness (QED) is 0.606. The molecule has 0 bridgehead atoms. The molecule has 1 heterocycles. The standard InChI is InChI=1S/C21H22N4O4/c1-27-17-7-5-4-6-14(17)11-24-21(26)16-12-23-20(13-22-16)25-15-8-9-18(28-2)19(10-15)29-3/h4-10,12-13H,11H2,1-3H3,(H,23,25)(H,24,26). The Kier molecular flexibility index (Phi) is 6.47. The molecule has 0 radical (unpaired) electrons. The Labute approximate surface area is 168 Å². The minimum atomic E-state index is -0.318. The number of carbonyl (C=O) groups excluding carboxylic acids is 1. The van der Waals surface area contributed by atoms with Crippen molar-refractivity contribution in [2.45, 2.75) is 6.54 Å². The van der Waals surface area contributed by atoms with Gasteiger partial charge in [0, 0.05) is 23.9 Å². The Morgan fingerprint density at radius 3 is 2.34 bits per heavy atom. The summed E-state index contributed by atoms with van der Waals surface area (Å²) < 4.78 is 15.8. The molecule has 3 aromatic rings. The molecule has 1 aromatic heterocycles. The van der Waals surface area contributed by atoms with Crippen LogP contribution < -0.4 is 24.8 Å². The maximum absolute atomic E-state index is 12.3. The molecule has 0 saturated heterocycles. The highest BCUT2D eigenvalue weighted by Crippen LogP contribution is 2.30. The van der Waals surface area contributed by atoms with Crippen LogP contribution in [0.2, 0.25) is 0 Å². The minimum absolute atomic E-state index is 0.220. The topological polar surface area (TPSA) is 94.6 Å². The zero-order valence-electron chi connectivity index (χ0n) is 16.4. The monoisotopic (exact) mass is 394 g/mol. The molecule has 0 spiro atoms. The third-order valence-electron chi connectivity index (χ3n) is 4.17. The van der Waals surface area contributed by atoms with Gasteiger partial charge in [0.25, 0.3) is 5.91 Å². The molecule has 0 saturated carbocycles. The Balaban J connectivity index is 1.63. The molecule has 0 aliphatic carbocycles. The summed E-state index contributed by atoms with van der Waals surface area (Å²) in [6.45, 7) is 0.330. The lowest BCUT2D eigenvalue weighted by Gasteiger charge is -2.11. The predicted octanol–water partition coefficient (Wildman–Crippen LogP) is 3.18. The maximum atomic E-state index is 12.3. The van der Waals surface area contributed by atoms with E-state index in [4.69, 9.17) is 14.2 Å². The number of benzene rings is 2. The molecule has 8 nitrogen and oxygen atoms in total. The van der Waals surface area contributed by atoms with E-state index in [-0.39, 0.29) is 11.6 Å². The number of rotatable bonds is 8. The van der Waals surface area contributed by atoms with Crippen LogP contribution in [0.3, 0.4) is 0 Å². The molecular formula is C21H22N4O4. The van der Waals surface area contributed by atoms with Crippen molar-refractivity contribution in [2.24, 2.45) is 0 Å². The second-order valence-electron chi connectivity index (χ2n) is 5.98. The second kappa shape index (κ2) is 9.41. The second-order valence-corrected chi connectivity index (χ2v) is 5.98. The van der Waals surface area contributed by atoms with Gasteiger partial charge in [0.2, 0.25) is 0 Å². The van der Waals surface area contributed by atoms with Crippen LogP contribution in [0.25, 0.3) is 0 Å². The van der Waals surface area contributed by atoms with E-state index in [0.717, 1.165) is 11.3 Å². The number of ether oxygens (including phenoxy) is 3. The fraction of sp³-hybridized carbons (Fsp3) is 0.190. The molecule has 0 aliphatic heterocycles. The van der Waals surface area contributed by atoms with Crippen molar-refractivity contribution in [3.63, 3.8) is 0 Å². The number of nitrogens with one attached hydrogen (secondary N) is 2. The number of anilines is 2. The van der Waals surface area contributed by atoms with Crippen LogP contribution in [-0.4, -0.2) is 37.2 Å². The van der Waals surface area contributed by atoms with E-state index in [1.54, 1.807) is 33.5 Å². The average Bonchev–Trinajstić information content (AvgIpc) is 2.78. The molecule has 150 valence electrons. The predicted molar refractivity (Wildman–Crippen MR) is 109 cm³/mol. The number of aromatic nitrogens is 2. The number of amides is 1. The molecular weight excluding hydrogens is 372 g/mol. The Morgan fingerprint density at radius 1 is 0.897 bits per heavy atom. The van der Waals surface area contributed by atoms with Gasteiger partial charge in [0.05, 0.1) is 33.7 Å². The van der Waals surface area contributed by atoms with E-state index in [1.807, 2.05) is 30.3 Å². The number of hydrogen-bond acceptors (Lipinski definition) is 7. The van der Waals surface area contributed by atoms with E-state index in [9.17, 15) is 4.79 Å². The molecule has 0 aliphatic rings. The molecule has 2 aromatic carbocycles. The lowest BCUT2D eigenvalue weighted by atomic mass is 10.2. The highest BCUT2D eigenvalue weighted by Gasteiger charge is 2.10. The average molecular weight is 394 g/mol. The maximum Gasteiger partial charge on any atom is 0.271 e. The Morgan fingerprint density at radius 2 is 1.66 bits per heavy atom. The summed E-state index contributed by atoms with van der Waals surface area (Å²) in [5, 5.41) is 5.93. The summed E-state index contributed by atoms with van der Waals surface area (Å²) in [5.41, 5.74) is 1.85. The minimum Gasteiger partial charge on any atom is -0.496 e. The van der Waals surface area contributed by atoms with Gasteiger partial charge >= 0.3 is 0 Å². The van der Waals surface area contributed by atoms with E-state index in [1.165, 1.54) is 12.4 Å². The summed E-state index contributed by atoms with van der Waals surface area (Å²) in [6.07, 6.45) is 2.91. The molecule has 1 amide bonds. The first-order valence-electron chi connectivity index (χ1n) is 8.85. The van der Waals surface area contributed by atoms with Gasteiger partial charge in [-0.05, 0) is 18.2 Å². The van der Waals surface area contributed by atoms with Crippen LogP contribution in [0, 0.1) is 0 Å². The number of methoxy groups -OCH3 is 3. The Bertz CT molecular complexity index is 977. The van der Waals surface area contributed by atoms with E-state index in [0.29, 0.717) is 29.6 Å². The molecule has 0 unspecified atom stereocenters. The van der Waals surface area contributed by atoms with Crippen LogP contribution in [0.15, 0.2) is 54.9 Å².